The molecule has 1 unspecified atom stereocenters. The highest BCUT2D eigenvalue weighted by molar-refractivity contribution is 5.47. The third kappa shape index (κ3) is 12.0. The van der Waals surface area contributed by atoms with Crippen molar-refractivity contribution in [2.24, 2.45) is 0 Å². The quantitative estimate of drug-likeness (QED) is 0.230. The molecule has 40 heavy (non-hydrogen) atoms. The maximum Gasteiger partial charge on any atom is -0.00406 e. The van der Waals surface area contributed by atoms with E-state index < -0.39 is 0 Å². The van der Waals surface area contributed by atoms with Gasteiger partial charge in [0.15, 0.2) is 0 Å². The van der Waals surface area contributed by atoms with E-state index in [1.165, 1.54) is 52.6 Å². The summed E-state index contributed by atoms with van der Waals surface area (Å²) >= 11 is 0. The van der Waals surface area contributed by atoms with Gasteiger partial charge in [-0.2, -0.15) is 0 Å². The van der Waals surface area contributed by atoms with Gasteiger partial charge in [-0.15, -0.1) is 0 Å². The first kappa shape index (κ1) is 38.5. The van der Waals surface area contributed by atoms with Crippen LogP contribution in [0.2, 0.25) is 0 Å². The lowest BCUT2D eigenvalue weighted by atomic mass is 9.83. The summed E-state index contributed by atoms with van der Waals surface area (Å²) in [5.41, 5.74) is 8.47. The molecule has 1 atom stereocenters. The van der Waals surface area contributed by atoms with Gasteiger partial charge in [0.2, 0.25) is 0 Å². The van der Waals surface area contributed by atoms with Gasteiger partial charge in [0.1, 0.15) is 0 Å². The Morgan fingerprint density at radius 1 is 0.600 bits per heavy atom. The van der Waals surface area contributed by atoms with E-state index >= 15 is 0 Å². The highest BCUT2D eigenvalue weighted by Crippen LogP contribution is 2.53. The van der Waals surface area contributed by atoms with E-state index in [9.17, 15) is 0 Å². The SMILES string of the molecule is C.C.C.C.C=Cc1ccc(C)cc1.C=Cc1ccccc1.Cc1ccc(C(C)CC2(c3ccccc3)CC2)cc1. The number of rotatable bonds is 6. The van der Waals surface area contributed by atoms with Crippen LogP contribution in [-0.4, -0.2) is 0 Å². The van der Waals surface area contributed by atoms with Crippen molar-refractivity contribution in [3.8, 4) is 0 Å². The smallest absolute Gasteiger partial charge is 0.00406 e. The molecule has 1 aliphatic carbocycles. The summed E-state index contributed by atoms with van der Waals surface area (Å²) in [4.78, 5) is 0. The minimum atomic E-state index is 0. The van der Waals surface area contributed by atoms with E-state index in [2.05, 4.69) is 113 Å². The van der Waals surface area contributed by atoms with Gasteiger partial charge in [0, 0.05) is 0 Å². The van der Waals surface area contributed by atoms with Crippen LogP contribution < -0.4 is 0 Å². The van der Waals surface area contributed by atoms with Crippen molar-refractivity contribution in [1.29, 1.82) is 0 Å². The second-order valence-corrected chi connectivity index (χ2v) is 9.89. The van der Waals surface area contributed by atoms with Crippen molar-refractivity contribution in [3.05, 3.63) is 156 Å². The zero-order valence-electron chi connectivity index (χ0n) is 22.2. The average molecular weight is 537 g/mol. The van der Waals surface area contributed by atoms with E-state index in [1.54, 1.807) is 0 Å². The lowest BCUT2D eigenvalue weighted by molar-refractivity contribution is 0.547. The third-order valence-electron chi connectivity index (χ3n) is 6.93. The molecule has 0 aliphatic heterocycles. The van der Waals surface area contributed by atoms with Gasteiger partial charge in [-0.3, -0.25) is 0 Å². The van der Waals surface area contributed by atoms with Crippen molar-refractivity contribution in [2.45, 2.75) is 81.1 Å². The van der Waals surface area contributed by atoms with Crippen molar-refractivity contribution in [3.63, 3.8) is 0 Å². The number of hydrogen-bond donors (Lipinski definition) is 0. The minimum Gasteiger partial charge on any atom is -0.0985 e. The Kier molecular flexibility index (Phi) is 18.7. The first-order chi connectivity index (χ1) is 17.5. The van der Waals surface area contributed by atoms with Gasteiger partial charge < -0.3 is 0 Å². The van der Waals surface area contributed by atoms with E-state index in [0.717, 1.165) is 0 Å². The molecule has 5 rings (SSSR count). The standard InChI is InChI=1S/C19H22.C9H10.C8H8.4CH4/c1-15-8-10-17(11-9-15)16(2)14-19(12-13-19)18-6-4-3-5-7-18;1-3-9-6-4-8(2)5-7-9;1-2-8-6-4-3-5-7-8;;;;/h3-11,16H,12-14H2,1-2H3;3-7H,1H2,2H3;2-7H,1H2;4*1H4. The van der Waals surface area contributed by atoms with Crippen LogP contribution in [-0.2, 0) is 5.41 Å². The highest BCUT2D eigenvalue weighted by Gasteiger charge is 2.44. The molecule has 0 heteroatoms. The van der Waals surface area contributed by atoms with Gasteiger partial charge in [-0.25, -0.2) is 0 Å². The Bertz CT molecular complexity index is 1180. The third-order valence-corrected chi connectivity index (χ3v) is 6.93. The fourth-order valence-corrected chi connectivity index (χ4v) is 4.44. The average Bonchev–Trinajstić information content (AvgIpc) is 3.72. The van der Waals surface area contributed by atoms with E-state index in [-0.39, 0.29) is 29.7 Å². The summed E-state index contributed by atoms with van der Waals surface area (Å²) in [5.74, 6) is 0.642. The highest BCUT2D eigenvalue weighted by atomic mass is 14.5. The minimum absolute atomic E-state index is 0. The molecule has 1 aliphatic rings. The van der Waals surface area contributed by atoms with Crippen LogP contribution in [0.1, 0.15) is 95.2 Å². The lowest BCUT2D eigenvalue weighted by Crippen LogP contribution is -2.10. The Morgan fingerprint density at radius 3 is 1.40 bits per heavy atom. The molecule has 0 heterocycles. The van der Waals surface area contributed by atoms with Crippen molar-refractivity contribution < 1.29 is 0 Å². The van der Waals surface area contributed by atoms with Gasteiger partial charge in [-0.1, -0.05) is 182 Å². The molecular weight excluding hydrogens is 480 g/mol. The second kappa shape index (κ2) is 19.4. The van der Waals surface area contributed by atoms with Crippen molar-refractivity contribution in [2.75, 3.05) is 0 Å². The zero-order chi connectivity index (χ0) is 25.8. The molecule has 0 amide bonds. The molecule has 0 nitrogen and oxygen atoms in total. The van der Waals surface area contributed by atoms with Crippen LogP contribution in [0.15, 0.2) is 122 Å². The molecule has 0 bridgehead atoms. The maximum atomic E-state index is 3.66. The summed E-state index contributed by atoms with van der Waals surface area (Å²) in [5, 5.41) is 0. The number of benzene rings is 4. The topological polar surface area (TPSA) is 0 Å². The van der Waals surface area contributed by atoms with Crippen LogP contribution in [0.4, 0.5) is 0 Å². The first-order valence-corrected chi connectivity index (χ1v) is 12.9. The molecule has 4 aromatic rings. The molecule has 0 N–H and O–H groups in total. The molecule has 0 aromatic heterocycles. The summed E-state index contributed by atoms with van der Waals surface area (Å²) < 4.78 is 0. The van der Waals surface area contributed by atoms with Gasteiger partial charge >= 0.3 is 0 Å². The van der Waals surface area contributed by atoms with Gasteiger partial charge in [0.05, 0.1) is 0 Å². The molecule has 1 fully saturated rings. The largest absolute Gasteiger partial charge is 0.0985 e. The number of hydrogen-bond acceptors (Lipinski definition) is 0. The Labute approximate surface area is 248 Å². The van der Waals surface area contributed by atoms with Crippen molar-refractivity contribution >= 4 is 12.2 Å². The molecule has 216 valence electrons. The molecule has 0 saturated heterocycles. The second-order valence-electron chi connectivity index (χ2n) is 9.89. The normalized spacial score (nSPS) is 12.3. The van der Waals surface area contributed by atoms with E-state index in [4.69, 9.17) is 0 Å². The van der Waals surface area contributed by atoms with E-state index in [1.807, 2.05) is 42.5 Å². The monoisotopic (exact) mass is 536 g/mol. The fraction of sp³-hybridized carbons (Fsp3) is 0.300. The van der Waals surface area contributed by atoms with Gasteiger partial charge in [-0.05, 0) is 66.7 Å². The summed E-state index contributed by atoms with van der Waals surface area (Å²) in [7, 11) is 0. The number of aryl methyl sites for hydroxylation is 2. The Balaban J connectivity index is 0. The van der Waals surface area contributed by atoms with Gasteiger partial charge in [0.25, 0.3) is 0 Å². The Morgan fingerprint density at radius 2 is 1.00 bits per heavy atom. The van der Waals surface area contributed by atoms with Crippen LogP contribution in [0.5, 0.6) is 0 Å². The summed E-state index contributed by atoms with van der Waals surface area (Å²) in [6, 6.07) is 38.4. The Hall–Kier alpha value is -3.64. The maximum absolute atomic E-state index is 3.66. The molecule has 1 saturated carbocycles. The molecule has 0 radical (unpaired) electrons. The summed E-state index contributed by atoms with van der Waals surface area (Å²) in [6.45, 7) is 13.9. The van der Waals surface area contributed by atoms with Crippen molar-refractivity contribution in [1.82, 2.24) is 0 Å². The first-order valence-electron chi connectivity index (χ1n) is 12.9. The molecular formula is C40H56. The van der Waals surface area contributed by atoms with Crippen LogP contribution in [0.3, 0.4) is 0 Å². The van der Waals surface area contributed by atoms with Crippen LogP contribution >= 0.6 is 0 Å². The van der Waals surface area contributed by atoms with Crippen LogP contribution in [0, 0.1) is 13.8 Å². The predicted molar refractivity (Wildman–Crippen MR) is 186 cm³/mol. The zero-order valence-corrected chi connectivity index (χ0v) is 22.2. The summed E-state index contributed by atoms with van der Waals surface area (Å²) in [6.07, 6.45) is 7.67. The van der Waals surface area contributed by atoms with E-state index in [0.29, 0.717) is 11.3 Å². The lowest BCUT2D eigenvalue weighted by Gasteiger charge is -2.21. The predicted octanol–water partition coefficient (Wildman–Crippen LogP) is 12.7. The molecule has 4 aromatic carbocycles. The van der Waals surface area contributed by atoms with Crippen LogP contribution in [0.25, 0.3) is 12.2 Å². The molecule has 0 spiro atoms. The fourth-order valence-electron chi connectivity index (χ4n) is 4.44.